The quantitative estimate of drug-likeness (QED) is 0.710. The first-order valence-electron chi connectivity index (χ1n) is 18.1. The lowest BCUT2D eigenvalue weighted by atomic mass is 9.68. The normalized spacial score (nSPS) is 54.6. The summed E-state index contributed by atoms with van der Waals surface area (Å²) < 4.78 is 195. The molecule has 0 unspecified atom stereocenters. The predicted octanol–water partition coefficient (Wildman–Crippen LogP) is 5.74. The van der Waals surface area contributed by atoms with E-state index in [1.807, 2.05) is 0 Å². The van der Waals surface area contributed by atoms with Gasteiger partial charge in [0.25, 0.3) is 0 Å². The smallest absolute Gasteiger partial charge is 0.127 e. The van der Waals surface area contributed by atoms with Crippen molar-refractivity contribution in [2.24, 2.45) is 5.89 Å². The summed E-state index contributed by atoms with van der Waals surface area (Å²) in [6.07, 6.45) is -24.1. The molecule has 0 bridgehead atoms. The van der Waals surface area contributed by atoms with E-state index in [9.17, 15) is 7.85 Å². The maximum Gasteiger partial charge on any atom is 0.127 e. The average Bonchev–Trinajstić information content (AvgIpc) is 2.82. The second-order valence-electron chi connectivity index (χ2n) is 5.29. The Bertz CT molecular complexity index is 1500. The summed E-state index contributed by atoms with van der Waals surface area (Å²) in [6, 6.07) is -4.64. The van der Waals surface area contributed by atoms with Crippen LogP contribution in [0.25, 0.3) is 0 Å². The first kappa shape index (κ1) is 4.20. The molecule has 2 aliphatic rings. The Morgan fingerprint density at radius 1 is 1.52 bits per heavy atom. The third kappa shape index (κ3) is 3.13. The van der Waals surface area contributed by atoms with Crippen molar-refractivity contribution in [2.45, 2.75) is 77.3 Å². The molecule has 1 N–H and O–H groups in total. The second-order valence-corrected chi connectivity index (χ2v) is 5.29. The first-order valence-corrected chi connectivity index (χ1v) is 6.63. The van der Waals surface area contributed by atoms with Crippen molar-refractivity contribution in [3.05, 3.63) is 34.8 Å². The largest absolute Gasteiger partial charge is 0.507 e. The molecule has 3 rings (SSSR count). The lowest BCUT2D eigenvalue weighted by molar-refractivity contribution is 0.0107. The van der Waals surface area contributed by atoms with Gasteiger partial charge in [0.2, 0.25) is 0 Å². The van der Waals surface area contributed by atoms with E-state index in [1.54, 1.807) is 0 Å². The molecule has 0 saturated carbocycles. The van der Waals surface area contributed by atoms with Crippen LogP contribution >= 0.6 is 0 Å². The van der Waals surface area contributed by atoms with E-state index in [0.29, 0.717) is 0 Å². The lowest BCUT2D eigenvalue weighted by Gasteiger charge is -2.46. The van der Waals surface area contributed by atoms with Crippen LogP contribution in [0.4, 0.5) is 0 Å². The van der Waals surface area contributed by atoms with Crippen LogP contribution in [-0.2, 0) is 6.37 Å². The van der Waals surface area contributed by atoms with Crippen LogP contribution in [0.15, 0.2) is 23.7 Å². The number of phenolic OH excluding ortho intramolecular Hbond substituents is 1. The minimum absolute atomic E-state index is 0.899. The Labute approximate surface area is 172 Å². The van der Waals surface area contributed by atoms with Gasteiger partial charge in [0.1, 0.15) is 17.1 Å². The van der Waals surface area contributed by atoms with E-state index in [1.165, 1.54) is 0 Å². The number of hydrogen-bond acceptors (Lipinski definition) is 2. The number of benzene rings is 1. The van der Waals surface area contributed by atoms with E-state index < -0.39 is 116 Å². The third-order valence-corrected chi connectivity index (χ3v) is 3.28. The number of aromatic hydroxyl groups is 1. The fourth-order valence-electron chi connectivity index (χ4n) is 2.34. The maximum absolute atomic E-state index is 11.3. The van der Waals surface area contributed by atoms with Gasteiger partial charge in [-0.1, -0.05) is 31.2 Å². The van der Waals surface area contributed by atoms with Crippen LogP contribution in [0, 0.1) is 5.89 Å². The Kier molecular flexibility index (Phi) is 1.14. The molecular formula is C21H30O2. The molecule has 1 aliphatic heterocycles. The summed E-state index contributed by atoms with van der Waals surface area (Å²) in [5.41, 5.74) is -7.01. The molecule has 126 valence electrons. The number of fused-ring (bicyclic) bond motifs is 3. The van der Waals surface area contributed by atoms with Crippen LogP contribution in [0.3, 0.4) is 0 Å². The Balaban J connectivity index is 2.60. The van der Waals surface area contributed by atoms with Gasteiger partial charge in [-0.05, 0) is 63.8 Å². The molecule has 1 aliphatic carbocycles. The summed E-state index contributed by atoms with van der Waals surface area (Å²) in [4.78, 5) is 0. The number of phenols is 1. The average molecular weight is 338 g/mol. The van der Waals surface area contributed by atoms with Gasteiger partial charge in [0.15, 0.2) is 0 Å². The van der Waals surface area contributed by atoms with Gasteiger partial charge >= 0.3 is 0 Å². The molecular weight excluding hydrogens is 284 g/mol. The highest BCUT2D eigenvalue weighted by Gasteiger charge is 2.45. The zero-order chi connectivity index (χ0) is 36.8. The number of hydrogen-bond donors (Lipinski definition) is 1. The van der Waals surface area contributed by atoms with Crippen molar-refractivity contribution in [3.63, 3.8) is 0 Å². The van der Waals surface area contributed by atoms with E-state index in [-0.39, 0.29) is 0 Å². The lowest BCUT2D eigenvalue weighted by Crippen LogP contribution is -2.45. The van der Waals surface area contributed by atoms with Gasteiger partial charge < -0.3 is 9.84 Å². The van der Waals surface area contributed by atoms with E-state index in [2.05, 4.69) is 0 Å². The summed E-state index contributed by atoms with van der Waals surface area (Å²) in [5, 5.41) is 11.3. The van der Waals surface area contributed by atoms with Gasteiger partial charge in [-0.2, -0.15) is 0 Å². The molecule has 0 radical (unpaired) electrons. The van der Waals surface area contributed by atoms with Crippen molar-refractivity contribution < 1.29 is 41.4 Å². The van der Waals surface area contributed by atoms with E-state index in [4.69, 9.17) is 33.5 Å². The molecule has 1 heterocycles. The highest BCUT2D eigenvalue weighted by atomic mass is 16.5. The topological polar surface area (TPSA) is 29.5 Å². The molecule has 0 aromatic heterocycles. The maximum atomic E-state index is 11.3. The van der Waals surface area contributed by atoms with Crippen LogP contribution in [0.1, 0.15) is 108 Å². The fraction of sp³-hybridized carbons (Fsp3) is 0.619. The highest BCUT2D eigenvalue weighted by molar-refractivity contribution is 5.53. The minimum Gasteiger partial charge on any atom is -0.507 e. The van der Waals surface area contributed by atoms with Gasteiger partial charge in [0.05, 0.1) is 4.11 Å². The Morgan fingerprint density at radius 2 is 2.39 bits per heavy atom. The third-order valence-electron chi connectivity index (χ3n) is 3.28. The van der Waals surface area contributed by atoms with Gasteiger partial charge in [0, 0.05) is 44.8 Å². The summed E-state index contributed by atoms with van der Waals surface area (Å²) in [5.74, 6) is -9.79. The van der Waals surface area contributed by atoms with Crippen molar-refractivity contribution in [3.8, 4) is 11.5 Å². The monoisotopic (exact) mass is 337 g/mol. The first-order chi connectivity index (χ1) is 19.8. The number of rotatable bonds is 4. The zero-order valence-electron chi connectivity index (χ0n) is 35.4. The van der Waals surface area contributed by atoms with Gasteiger partial charge in [-0.15, -0.1) is 0 Å². The van der Waals surface area contributed by atoms with Crippen molar-refractivity contribution in [1.82, 2.24) is 0 Å². The van der Waals surface area contributed by atoms with Crippen molar-refractivity contribution >= 4 is 0 Å². The number of allylic oxidation sites excluding steroid dienone is 2. The highest BCUT2D eigenvalue weighted by Crippen LogP contribution is 2.53. The summed E-state index contributed by atoms with van der Waals surface area (Å²) in [6.45, 7) is -5.68. The van der Waals surface area contributed by atoms with Crippen LogP contribution in [-0.4, -0.2) is 10.7 Å². The van der Waals surface area contributed by atoms with Crippen molar-refractivity contribution in [2.75, 3.05) is 0 Å². The predicted molar refractivity (Wildman–Crippen MR) is 95.3 cm³/mol. The van der Waals surface area contributed by atoms with E-state index >= 15 is 0 Å². The minimum atomic E-state index is -4.26. The molecule has 2 nitrogen and oxygen atoms in total. The molecule has 2 heteroatoms. The Hall–Kier alpha value is -1.44. The molecule has 0 spiro atoms. The summed E-state index contributed by atoms with van der Waals surface area (Å²) >= 11 is 0. The second kappa shape index (κ2) is 6.22. The standard InChI is InChI=1S/C21H30O2/c1-5-6-7-8-15-12-18(22)20-16-11-14(2)9-10-17(16)21(3,4)23-19(20)13-15/h11-13,16-17,22H,5-10H2,1-4H3/t16-,17-/m1/s1/i1D3,2D3,5D2,6D2,7D2,8D2,9D2,10D2,11D,12D,13D,16D,17D. The molecule has 0 fully saturated rings. The van der Waals surface area contributed by atoms with Crippen LogP contribution < -0.4 is 4.74 Å². The van der Waals surface area contributed by atoms with Crippen molar-refractivity contribution in [1.29, 1.82) is 0 Å². The number of ether oxygens (including phenoxy) is 1. The molecule has 0 saturated heterocycles. The van der Waals surface area contributed by atoms with Gasteiger partial charge in [-0.25, -0.2) is 0 Å². The molecule has 0 amide bonds. The fourth-order valence-corrected chi connectivity index (χ4v) is 2.34. The van der Waals surface area contributed by atoms with Crippen LogP contribution in [0.5, 0.6) is 11.5 Å². The molecule has 23 heavy (non-hydrogen) atoms. The van der Waals surface area contributed by atoms with E-state index in [0.717, 1.165) is 13.8 Å². The van der Waals surface area contributed by atoms with Crippen LogP contribution in [0.2, 0.25) is 0 Å². The van der Waals surface area contributed by atoms with Gasteiger partial charge in [-0.3, -0.25) is 0 Å². The molecule has 1 aromatic rings. The SMILES string of the molecule is [2H]C1=C(C([2H])([2H])[2H])C([2H])([2H])C([2H])([2H])[C@@]2([2H])C(C)(C)Oc3c([2H])c(C([2H])([2H])C([2H])([2H])C([2H])([2H])C([2H])([2H])C([2H])([2H])[2H])c([2H])c(O)c3[C@]12[2H]. The molecule has 2 atom stereocenters. The summed E-state index contributed by atoms with van der Waals surface area (Å²) in [7, 11) is 0. The zero-order valence-corrected chi connectivity index (χ0v) is 12.4. The molecule has 1 aromatic carbocycles. The Morgan fingerprint density at radius 3 is 3.17 bits per heavy atom.